The number of unbranched alkanes of at least 4 members (excludes halogenated alkanes) is 5. The molecule has 0 atom stereocenters. The molecule has 0 rings (SSSR count). The molecule has 0 bridgehead atoms. The molecule has 0 spiro atoms. The van der Waals surface area contributed by atoms with Gasteiger partial charge >= 0.3 is 0 Å². The Kier molecular flexibility index (Phi) is 20.4. The van der Waals surface area contributed by atoms with Gasteiger partial charge < -0.3 is 0 Å². The van der Waals surface area contributed by atoms with Gasteiger partial charge in [0.05, 0.1) is 30.4 Å². The van der Waals surface area contributed by atoms with E-state index in [1.165, 1.54) is 51.4 Å². The van der Waals surface area contributed by atoms with Crippen LogP contribution in [-0.4, -0.2) is 38.8 Å². The van der Waals surface area contributed by atoms with E-state index in [0.29, 0.717) is 12.8 Å². The highest BCUT2D eigenvalue weighted by molar-refractivity contribution is 7.86. The summed E-state index contributed by atoms with van der Waals surface area (Å²) in [5.41, 5.74) is 0. The van der Waals surface area contributed by atoms with Gasteiger partial charge in [0.25, 0.3) is 10.1 Å². The van der Waals surface area contributed by atoms with Crippen molar-refractivity contribution >= 4 is 17.4 Å². The third-order valence-electron chi connectivity index (χ3n) is 4.79. The Balaban J connectivity index is 0. The summed E-state index contributed by atoms with van der Waals surface area (Å²) in [6.45, 7) is 11.2. The third kappa shape index (κ3) is 16.4. The molecule has 0 heterocycles. The molecular formula is C20H45FO3PS+. The minimum atomic E-state index is -3.85. The van der Waals surface area contributed by atoms with Gasteiger partial charge in [0.15, 0.2) is 0 Å². The second-order valence-electron chi connectivity index (χ2n) is 7.33. The van der Waals surface area contributed by atoms with Crippen LogP contribution in [0, 0.1) is 0 Å². The summed E-state index contributed by atoms with van der Waals surface area (Å²) in [6.07, 6.45) is 19.1. The lowest BCUT2D eigenvalue weighted by atomic mass is 10.4. The van der Waals surface area contributed by atoms with Crippen LogP contribution in [0.5, 0.6) is 0 Å². The number of hydrogen-bond acceptors (Lipinski definition) is 3. The molecule has 0 saturated carbocycles. The van der Waals surface area contributed by atoms with E-state index in [-0.39, 0.29) is 5.75 Å². The first-order valence-corrected chi connectivity index (χ1v) is 14.9. The van der Waals surface area contributed by atoms with Crippen LogP contribution in [-0.2, 0) is 14.5 Å². The average Bonchev–Trinajstić information content (AvgIpc) is 2.66. The van der Waals surface area contributed by atoms with Crippen molar-refractivity contribution in [2.75, 3.05) is 30.4 Å². The standard InChI is InChI=1S/C16H36P.C4H9FO3S/c1-5-9-13-17(14-10-6-2,15-11-7-3)16-12-8-4;1-2-3-4-9(6,7)8-5/h5-16H2,1-4H3;2-4H2,1H3/q+1;. The molecule has 0 aliphatic carbocycles. The monoisotopic (exact) mass is 415 g/mol. The van der Waals surface area contributed by atoms with E-state index < -0.39 is 17.4 Å². The van der Waals surface area contributed by atoms with E-state index in [2.05, 4.69) is 32.1 Å². The SMILES string of the molecule is CCCCS(=O)(=O)OF.CCCC[P+](CCCC)(CCCC)CCCC. The predicted octanol–water partition coefficient (Wildman–Crippen LogP) is 7.22. The normalized spacial score (nSPS) is 11.9. The van der Waals surface area contributed by atoms with Crippen LogP contribution < -0.4 is 0 Å². The zero-order valence-corrected chi connectivity index (χ0v) is 19.8. The van der Waals surface area contributed by atoms with Crippen LogP contribution in [0.4, 0.5) is 4.53 Å². The molecule has 0 aliphatic rings. The predicted molar refractivity (Wildman–Crippen MR) is 117 cm³/mol. The van der Waals surface area contributed by atoms with Crippen LogP contribution in [0.3, 0.4) is 0 Å². The molecule has 3 nitrogen and oxygen atoms in total. The first-order valence-electron chi connectivity index (χ1n) is 10.7. The molecule has 0 unspecified atom stereocenters. The van der Waals surface area contributed by atoms with Gasteiger partial charge in [0.2, 0.25) is 0 Å². The Morgan fingerprint density at radius 2 is 0.962 bits per heavy atom. The highest BCUT2D eigenvalue weighted by atomic mass is 32.2. The fourth-order valence-electron chi connectivity index (χ4n) is 3.00. The molecule has 0 fully saturated rings. The first-order chi connectivity index (χ1) is 12.4. The largest absolute Gasteiger partial charge is 0.297 e. The highest BCUT2D eigenvalue weighted by Crippen LogP contribution is 2.61. The van der Waals surface area contributed by atoms with E-state index in [0.717, 1.165) is 0 Å². The average molecular weight is 416 g/mol. The Labute approximate surface area is 164 Å². The lowest BCUT2D eigenvalue weighted by molar-refractivity contribution is 0.00290. The van der Waals surface area contributed by atoms with Crippen molar-refractivity contribution in [1.82, 2.24) is 0 Å². The van der Waals surface area contributed by atoms with Crippen molar-refractivity contribution < 1.29 is 17.3 Å². The van der Waals surface area contributed by atoms with Crippen LogP contribution in [0.25, 0.3) is 0 Å². The maximum atomic E-state index is 11.0. The Bertz CT molecular complexity index is 351. The van der Waals surface area contributed by atoms with E-state index in [1.54, 1.807) is 24.6 Å². The van der Waals surface area contributed by atoms with Crippen LogP contribution in [0.1, 0.15) is 98.8 Å². The molecule has 0 saturated heterocycles. The number of halogens is 1. The Morgan fingerprint density at radius 3 is 1.19 bits per heavy atom. The molecule has 0 aliphatic heterocycles. The molecule has 0 N–H and O–H groups in total. The van der Waals surface area contributed by atoms with E-state index >= 15 is 0 Å². The number of rotatable bonds is 16. The van der Waals surface area contributed by atoms with Gasteiger partial charge in [-0.25, -0.2) is 0 Å². The molecular weight excluding hydrogens is 370 g/mol. The van der Waals surface area contributed by atoms with Gasteiger partial charge in [-0.05, 0) is 36.6 Å². The minimum absolute atomic E-state index is 0.236. The van der Waals surface area contributed by atoms with Crippen LogP contribution in [0.2, 0.25) is 0 Å². The summed E-state index contributed by atoms with van der Waals surface area (Å²) in [5, 5.41) is 0. The second-order valence-corrected chi connectivity index (χ2v) is 13.5. The molecule has 0 aromatic carbocycles. The first kappa shape index (κ1) is 28.5. The van der Waals surface area contributed by atoms with Crippen molar-refractivity contribution in [3.8, 4) is 0 Å². The van der Waals surface area contributed by atoms with Crippen molar-refractivity contribution in [1.29, 1.82) is 0 Å². The summed E-state index contributed by atoms with van der Waals surface area (Å²) in [7, 11) is -4.41. The van der Waals surface area contributed by atoms with Crippen molar-refractivity contribution in [2.24, 2.45) is 0 Å². The van der Waals surface area contributed by atoms with Crippen LogP contribution in [0.15, 0.2) is 0 Å². The van der Waals surface area contributed by atoms with Crippen molar-refractivity contribution in [3.05, 3.63) is 0 Å². The molecule has 160 valence electrons. The smallest absolute Gasteiger partial charge is 0.197 e. The lowest BCUT2D eigenvalue weighted by Gasteiger charge is -2.28. The van der Waals surface area contributed by atoms with E-state index in [4.69, 9.17) is 0 Å². The maximum Gasteiger partial charge on any atom is 0.297 e. The van der Waals surface area contributed by atoms with Gasteiger partial charge in [0, 0.05) is 7.26 Å². The fraction of sp³-hybridized carbons (Fsp3) is 1.00. The molecule has 0 aromatic rings. The topological polar surface area (TPSA) is 43.4 Å². The summed E-state index contributed by atoms with van der Waals surface area (Å²) >= 11 is 0. The summed E-state index contributed by atoms with van der Waals surface area (Å²) in [6, 6.07) is 0. The minimum Gasteiger partial charge on any atom is -0.197 e. The van der Waals surface area contributed by atoms with E-state index in [9.17, 15) is 12.9 Å². The van der Waals surface area contributed by atoms with Gasteiger partial charge in [0.1, 0.15) is 0 Å². The van der Waals surface area contributed by atoms with Crippen LogP contribution >= 0.6 is 7.26 Å². The Hall–Kier alpha value is 0.270. The maximum absolute atomic E-state index is 11.0. The van der Waals surface area contributed by atoms with E-state index in [1.807, 2.05) is 6.92 Å². The molecule has 6 heteroatoms. The van der Waals surface area contributed by atoms with Crippen molar-refractivity contribution in [2.45, 2.75) is 98.8 Å². The lowest BCUT2D eigenvalue weighted by Crippen LogP contribution is -2.12. The zero-order chi connectivity index (χ0) is 20.3. The Morgan fingerprint density at radius 1 is 0.654 bits per heavy atom. The van der Waals surface area contributed by atoms with Gasteiger partial charge in [-0.15, -0.1) is 0 Å². The number of hydrogen-bond donors (Lipinski definition) is 0. The molecule has 0 radical (unpaired) electrons. The van der Waals surface area contributed by atoms with Gasteiger partial charge in [-0.3, -0.25) is 0 Å². The summed E-state index contributed by atoms with van der Waals surface area (Å²) in [4.78, 5) is 0. The summed E-state index contributed by atoms with van der Waals surface area (Å²) in [5.74, 6) is -0.236. The second kappa shape index (κ2) is 18.6. The zero-order valence-electron chi connectivity index (χ0n) is 18.1. The summed E-state index contributed by atoms with van der Waals surface area (Å²) < 4.78 is 34.0. The molecule has 26 heavy (non-hydrogen) atoms. The van der Waals surface area contributed by atoms with Gasteiger partial charge in [-0.1, -0.05) is 71.1 Å². The third-order valence-corrected chi connectivity index (χ3v) is 10.8. The quantitative estimate of drug-likeness (QED) is 0.250. The van der Waals surface area contributed by atoms with Crippen molar-refractivity contribution in [3.63, 3.8) is 0 Å². The highest BCUT2D eigenvalue weighted by Gasteiger charge is 2.34. The molecule has 0 aromatic heterocycles. The molecule has 0 amide bonds. The van der Waals surface area contributed by atoms with Gasteiger partial charge in [-0.2, -0.15) is 8.42 Å². The fourth-order valence-corrected chi connectivity index (χ4v) is 8.99.